The number of fused-ring (bicyclic) bond motifs is 6. The van der Waals surface area contributed by atoms with Gasteiger partial charge in [0.15, 0.2) is 0 Å². The molecular formula is C40H56N2O3. The maximum Gasteiger partial charge on any atom is 0.119 e. The summed E-state index contributed by atoms with van der Waals surface area (Å²) in [6.45, 7) is 6.66. The molecule has 244 valence electrons. The average molecular weight is 613 g/mol. The second-order valence-electron chi connectivity index (χ2n) is 15.9. The lowest BCUT2D eigenvalue weighted by atomic mass is 9.64. The molecule has 6 unspecified atom stereocenters. The maximum atomic E-state index is 13.6. The molecule has 6 aliphatic heterocycles. The third-order valence-electron chi connectivity index (χ3n) is 13.8. The van der Waals surface area contributed by atoms with Gasteiger partial charge in [0.1, 0.15) is 11.2 Å². The van der Waals surface area contributed by atoms with Crippen molar-refractivity contribution >= 4 is 0 Å². The van der Waals surface area contributed by atoms with E-state index in [4.69, 9.17) is 4.74 Å². The van der Waals surface area contributed by atoms with Crippen molar-refractivity contribution in [1.82, 2.24) is 9.80 Å². The van der Waals surface area contributed by atoms with Gasteiger partial charge in [0.2, 0.25) is 0 Å². The van der Waals surface area contributed by atoms with Crippen molar-refractivity contribution in [3.05, 3.63) is 71.8 Å². The lowest BCUT2D eigenvalue weighted by Crippen LogP contribution is -2.64. The normalized spacial score (nSPS) is 36.0. The molecule has 45 heavy (non-hydrogen) atoms. The monoisotopic (exact) mass is 612 g/mol. The molecular weight excluding hydrogens is 556 g/mol. The van der Waals surface area contributed by atoms with Crippen LogP contribution in [0.25, 0.3) is 0 Å². The van der Waals surface area contributed by atoms with Crippen LogP contribution in [0.15, 0.2) is 60.7 Å². The first-order valence-electron chi connectivity index (χ1n) is 18.7. The Morgan fingerprint density at radius 2 is 0.889 bits per heavy atom. The van der Waals surface area contributed by atoms with Crippen molar-refractivity contribution in [1.29, 1.82) is 0 Å². The van der Waals surface area contributed by atoms with Crippen molar-refractivity contribution in [2.45, 2.75) is 100 Å². The van der Waals surface area contributed by atoms with Crippen LogP contribution in [0.2, 0.25) is 0 Å². The van der Waals surface area contributed by atoms with Crippen LogP contribution < -0.4 is 0 Å². The number of benzene rings is 2. The fourth-order valence-electron chi connectivity index (χ4n) is 11.3. The number of hydrogen-bond acceptors (Lipinski definition) is 5. The molecule has 6 heterocycles. The summed E-state index contributed by atoms with van der Waals surface area (Å²) < 4.78 is 7.95. The van der Waals surface area contributed by atoms with Gasteiger partial charge in [-0.05, 0) is 112 Å². The Kier molecular flexibility index (Phi) is 8.62. The van der Waals surface area contributed by atoms with Gasteiger partial charge in [-0.3, -0.25) is 0 Å². The molecule has 0 radical (unpaired) electrons. The number of hydrogen-bond donors (Lipinski definition) is 2. The number of rotatable bonds is 10. The first-order valence-corrected chi connectivity index (χ1v) is 18.7. The lowest BCUT2D eigenvalue weighted by molar-refractivity contribution is -0.267. The predicted molar refractivity (Wildman–Crippen MR) is 179 cm³/mol. The molecule has 2 aliphatic carbocycles. The highest BCUT2D eigenvalue weighted by atomic mass is 16.5. The number of aliphatic hydroxyl groups is 2. The summed E-state index contributed by atoms with van der Waals surface area (Å²) in [6, 6.07) is 21.2. The van der Waals surface area contributed by atoms with E-state index in [9.17, 15) is 10.2 Å². The van der Waals surface area contributed by atoms with Crippen LogP contribution in [0.4, 0.5) is 0 Å². The first kappa shape index (κ1) is 30.6. The molecule has 2 aromatic rings. The topological polar surface area (TPSA) is 56.2 Å². The van der Waals surface area contributed by atoms with Gasteiger partial charge < -0.3 is 24.7 Å². The number of piperidine rings is 6. The summed E-state index contributed by atoms with van der Waals surface area (Å²) in [5.74, 6) is 1.96. The molecule has 0 aromatic heterocycles. The molecule has 6 saturated heterocycles. The zero-order valence-corrected chi connectivity index (χ0v) is 27.3. The largest absolute Gasteiger partial charge is 0.382 e. The van der Waals surface area contributed by atoms with Crippen molar-refractivity contribution in [3.8, 4) is 0 Å². The first-order chi connectivity index (χ1) is 22.0. The van der Waals surface area contributed by atoms with Crippen molar-refractivity contribution < 1.29 is 14.9 Å². The summed E-state index contributed by atoms with van der Waals surface area (Å²) in [5.41, 5.74) is -0.119. The Balaban J connectivity index is 1.29. The minimum Gasteiger partial charge on any atom is -0.382 e. The fourth-order valence-corrected chi connectivity index (χ4v) is 11.3. The SMILES string of the molecule is OC(c1ccccc1)(C1CCCC1)C(OC(C1CN2CCC1CC2)C(O)(c1ccccc1)C1CCCC1)C1CN2CCC1CC2. The van der Waals surface area contributed by atoms with E-state index in [0.29, 0.717) is 11.8 Å². The van der Waals surface area contributed by atoms with Crippen molar-refractivity contribution in [2.75, 3.05) is 39.3 Å². The molecule has 2 N–H and O–H groups in total. The lowest BCUT2D eigenvalue weighted by Gasteiger charge is -2.57. The summed E-state index contributed by atoms with van der Waals surface area (Å²) in [4.78, 5) is 5.26. The van der Waals surface area contributed by atoms with Gasteiger partial charge in [-0.1, -0.05) is 86.3 Å². The van der Waals surface area contributed by atoms with Crippen LogP contribution in [0.3, 0.4) is 0 Å². The summed E-state index contributed by atoms with van der Waals surface area (Å²) >= 11 is 0. The van der Waals surface area contributed by atoms with Gasteiger partial charge >= 0.3 is 0 Å². The minimum atomic E-state index is -1.08. The van der Waals surface area contributed by atoms with Gasteiger partial charge in [0, 0.05) is 24.9 Å². The van der Waals surface area contributed by atoms with Crippen LogP contribution in [-0.4, -0.2) is 71.5 Å². The Labute approximate surface area is 271 Å². The third kappa shape index (κ3) is 5.43. The highest BCUT2D eigenvalue weighted by Gasteiger charge is 2.59. The molecule has 5 nitrogen and oxygen atoms in total. The van der Waals surface area contributed by atoms with Crippen molar-refractivity contribution in [3.63, 3.8) is 0 Å². The molecule has 2 saturated carbocycles. The second kappa shape index (κ2) is 12.7. The van der Waals surface area contributed by atoms with E-state index in [1.807, 2.05) is 0 Å². The average Bonchev–Trinajstić information content (AvgIpc) is 3.87. The molecule has 0 spiro atoms. The summed E-state index contributed by atoms with van der Waals surface area (Å²) in [6.07, 6.45) is 12.9. The molecule has 8 aliphatic rings. The Hall–Kier alpha value is -1.76. The quantitative estimate of drug-likeness (QED) is 0.318. The van der Waals surface area contributed by atoms with Gasteiger partial charge in [0.05, 0.1) is 12.2 Å². The van der Waals surface area contributed by atoms with Gasteiger partial charge in [0.25, 0.3) is 0 Å². The fraction of sp³-hybridized carbons (Fsp3) is 0.700. The zero-order chi connectivity index (χ0) is 30.4. The summed E-state index contributed by atoms with van der Waals surface area (Å²) in [5, 5.41) is 27.1. The van der Waals surface area contributed by atoms with E-state index < -0.39 is 11.2 Å². The molecule has 2 aromatic carbocycles. The predicted octanol–water partition coefficient (Wildman–Crippen LogP) is 6.58. The van der Waals surface area contributed by atoms with Gasteiger partial charge in [-0.2, -0.15) is 0 Å². The van der Waals surface area contributed by atoms with Crippen LogP contribution in [0.5, 0.6) is 0 Å². The van der Waals surface area contributed by atoms with E-state index >= 15 is 0 Å². The Morgan fingerprint density at radius 1 is 0.533 bits per heavy atom. The highest BCUT2D eigenvalue weighted by molar-refractivity contribution is 5.29. The van der Waals surface area contributed by atoms with E-state index in [0.717, 1.165) is 49.9 Å². The van der Waals surface area contributed by atoms with E-state index in [2.05, 4.69) is 70.5 Å². The van der Waals surface area contributed by atoms with Gasteiger partial charge in [-0.25, -0.2) is 0 Å². The molecule has 5 heteroatoms. The van der Waals surface area contributed by atoms with Crippen LogP contribution >= 0.6 is 0 Å². The van der Waals surface area contributed by atoms with E-state index in [1.54, 1.807) is 0 Å². The molecule has 6 atom stereocenters. The molecule has 8 fully saturated rings. The molecule has 10 rings (SSSR count). The highest BCUT2D eigenvalue weighted by Crippen LogP contribution is 2.54. The van der Waals surface area contributed by atoms with E-state index in [-0.39, 0.29) is 35.9 Å². The minimum absolute atomic E-state index is 0.170. The van der Waals surface area contributed by atoms with Crippen LogP contribution in [0.1, 0.15) is 88.2 Å². The van der Waals surface area contributed by atoms with Crippen molar-refractivity contribution in [2.24, 2.45) is 35.5 Å². The molecule has 0 amide bonds. The maximum absolute atomic E-state index is 13.6. The second-order valence-corrected chi connectivity index (χ2v) is 15.9. The third-order valence-corrected chi connectivity index (χ3v) is 13.8. The summed E-state index contributed by atoms with van der Waals surface area (Å²) in [7, 11) is 0. The Morgan fingerprint density at radius 3 is 1.20 bits per heavy atom. The Bertz CT molecular complexity index is 1150. The smallest absolute Gasteiger partial charge is 0.119 e. The number of nitrogens with zero attached hydrogens (tertiary/aromatic N) is 2. The number of ether oxygens (including phenoxy) is 1. The standard InChI is InChI=1S/C40H56N2O3/c43-39(33-15-7-8-16-33,31-11-3-1-4-12-31)37(35-27-41-23-19-29(35)20-24-41)45-38(36-28-42-25-21-30(36)22-26-42)40(44,34-17-9-10-18-34)32-13-5-2-6-14-32/h1-6,11-14,29-30,33-38,43-44H,7-10,15-28H2. The van der Waals surface area contributed by atoms with Crippen LogP contribution in [-0.2, 0) is 15.9 Å². The zero-order valence-electron chi connectivity index (χ0n) is 27.3. The van der Waals surface area contributed by atoms with Crippen LogP contribution in [0, 0.1) is 35.5 Å². The van der Waals surface area contributed by atoms with Gasteiger partial charge in [-0.15, -0.1) is 0 Å². The molecule has 4 bridgehead atoms. The van der Waals surface area contributed by atoms with E-state index in [1.165, 1.54) is 77.5 Å².